The van der Waals surface area contributed by atoms with Gasteiger partial charge in [0.25, 0.3) is 0 Å². The van der Waals surface area contributed by atoms with Gasteiger partial charge in [0.15, 0.2) is 0 Å². The van der Waals surface area contributed by atoms with Gasteiger partial charge in [-0.3, -0.25) is 4.79 Å². The van der Waals surface area contributed by atoms with Crippen molar-refractivity contribution in [1.29, 1.82) is 0 Å². The summed E-state index contributed by atoms with van der Waals surface area (Å²) in [5, 5.41) is 4.74. The van der Waals surface area contributed by atoms with E-state index in [-0.39, 0.29) is 23.8 Å². The number of carbonyl (C=O) groups excluding carboxylic acids is 1. The summed E-state index contributed by atoms with van der Waals surface area (Å²) in [5.74, 6) is 1.14. The zero-order valence-corrected chi connectivity index (χ0v) is 14.2. The van der Waals surface area contributed by atoms with E-state index in [4.69, 9.17) is 20.9 Å². The Bertz CT molecular complexity index is 737. The summed E-state index contributed by atoms with van der Waals surface area (Å²) in [4.78, 5) is 14.7. The molecule has 1 aromatic carbocycles. The molecule has 3 heterocycles. The van der Waals surface area contributed by atoms with E-state index in [2.05, 4.69) is 5.16 Å². The van der Waals surface area contributed by atoms with Crippen molar-refractivity contribution in [3.63, 3.8) is 0 Å². The lowest BCUT2D eigenvalue weighted by molar-refractivity contribution is -0.142. The first-order chi connectivity index (χ1) is 11.6. The Morgan fingerprint density at radius 2 is 2.04 bits per heavy atom. The highest BCUT2D eigenvalue weighted by molar-refractivity contribution is 6.30. The molecule has 2 aromatic rings. The fraction of sp³-hybridized carbons (Fsp3) is 0.444. The van der Waals surface area contributed by atoms with Gasteiger partial charge in [0, 0.05) is 36.7 Å². The molecule has 0 unspecified atom stereocenters. The van der Waals surface area contributed by atoms with Crippen molar-refractivity contribution >= 4 is 17.5 Å². The van der Waals surface area contributed by atoms with E-state index in [9.17, 15) is 4.79 Å². The number of halogens is 1. The predicted molar refractivity (Wildman–Crippen MR) is 88.8 cm³/mol. The molecule has 126 valence electrons. The number of ether oxygens (including phenoxy) is 1. The van der Waals surface area contributed by atoms with Gasteiger partial charge in [-0.05, 0) is 31.0 Å². The largest absolute Gasteiger partial charge is 0.373 e. The molecule has 0 radical (unpaired) electrons. The molecule has 2 fully saturated rings. The summed E-state index contributed by atoms with van der Waals surface area (Å²) in [7, 11) is 0. The Morgan fingerprint density at radius 1 is 1.29 bits per heavy atom. The van der Waals surface area contributed by atoms with E-state index in [1.807, 2.05) is 42.2 Å². The molecule has 2 aliphatic rings. The Balaban J connectivity index is 1.42. The summed E-state index contributed by atoms with van der Waals surface area (Å²) in [6.45, 7) is 3.90. The average Bonchev–Trinajstić information content (AvgIpc) is 3.16. The Kier molecular flexibility index (Phi) is 4.06. The highest BCUT2D eigenvalue weighted by Gasteiger charge is 2.42. The molecule has 0 aliphatic carbocycles. The van der Waals surface area contributed by atoms with E-state index < -0.39 is 0 Å². The number of amides is 1. The SMILES string of the molecule is Cc1cc(C2CN(C(=O)[C@@H]3CCO[C@H]3c3ccc(Cl)cc3)C2)no1. The van der Waals surface area contributed by atoms with Gasteiger partial charge in [-0.15, -0.1) is 0 Å². The number of rotatable bonds is 3. The highest BCUT2D eigenvalue weighted by atomic mass is 35.5. The van der Waals surface area contributed by atoms with Gasteiger partial charge in [0.1, 0.15) is 5.76 Å². The second-order valence-corrected chi connectivity index (χ2v) is 6.98. The summed E-state index contributed by atoms with van der Waals surface area (Å²) < 4.78 is 10.9. The van der Waals surface area contributed by atoms with Gasteiger partial charge < -0.3 is 14.2 Å². The first-order valence-electron chi connectivity index (χ1n) is 8.21. The van der Waals surface area contributed by atoms with Crippen LogP contribution in [0.5, 0.6) is 0 Å². The molecule has 0 saturated carbocycles. The Hall–Kier alpha value is -1.85. The molecule has 1 aromatic heterocycles. The topological polar surface area (TPSA) is 55.6 Å². The molecule has 0 spiro atoms. The standard InChI is InChI=1S/C18H19ClN2O3/c1-11-8-16(20-24-11)13-9-21(10-13)18(22)15-6-7-23-17(15)12-2-4-14(19)5-3-12/h2-5,8,13,15,17H,6-7,9-10H2,1H3/t15-,17+/m1/s1. The quantitative estimate of drug-likeness (QED) is 0.855. The van der Waals surface area contributed by atoms with Crippen molar-refractivity contribution in [1.82, 2.24) is 10.1 Å². The highest BCUT2D eigenvalue weighted by Crippen LogP contribution is 2.38. The number of hydrogen-bond acceptors (Lipinski definition) is 4. The second kappa shape index (κ2) is 6.22. The van der Waals surface area contributed by atoms with Crippen LogP contribution in [0.3, 0.4) is 0 Å². The Morgan fingerprint density at radius 3 is 2.71 bits per heavy atom. The predicted octanol–water partition coefficient (Wildman–Crippen LogP) is 3.34. The fourth-order valence-electron chi connectivity index (χ4n) is 3.48. The molecular weight excluding hydrogens is 328 g/mol. The van der Waals surface area contributed by atoms with Crippen molar-refractivity contribution < 1.29 is 14.1 Å². The van der Waals surface area contributed by atoms with Crippen LogP contribution in [0.15, 0.2) is 34.9 Å². The van der Waals surface area contributed by atoms with Crippen LogP contribution in [0, 0.1) is 12.8 Å². The van der Waals surface area contributed by atoms with E-state index in [0.717, 1.165) is 23.4 Å². The van der Waals surface area contributed by atoms with E-state index in [0.29, 0.717) is 24.7 Å². The molecule has 2 saturated heterocycles. The zero-order chi connectivity index (χ0) is 16.7. The van der Waals surface area contributed by atoms with Gasteiger partial charge in [-0.1, -0.05) is 28.9 Å². The normalized spacial score (nSPS) is 24.2. The minimum atomic E-state index is -0.178. The van der Waals surface area contributed by atoms with E-state index >= 15 is 0 Å². The fourth-order valence-corrected chi connectivity index (χ4v) is 3.61. The number of benzene rings is 1. The lowest BCUT2D eigenvalue weighted by atomic mass is 9.89. The van der Waals surface area contributed by atoms with Crippen LogP contribution in [0.25, 0.3) is 0 Å². The third-order valence-corrected chi connectivity index (χ3v) is 5.12. The average molecular weight is 347 g/mol. The summed E-state index contributed by atoms with van der Waals surface area (Å²) in [5.41, 5.74) is 1.95. The number of aryl methyl sites for hydroxylation is 1. The molecule has 1 amide bonds. The van der Waals surface area contributed by atoms with Crippen LogP contribution < -0.4 is 0 Å². The van der Waals surface area contributed by atoms with Crippen molar-refractivity contribution in [2.75, 3.05) is 19.7 Å². The van der Waals surface area contributed by atoms with Crippen LogP contribution in [-0.4, -0.2) is 35.7 Å². The number of hydrogen-bond donors (Lipinski definition) is 0. The monoisotopic (exact) mass is 346 g/mol. The first-order valence-corrected chi connectivity index (χ1v) is 8.58. The zero-order valence-electron chi connectivity index (χ0n) is 13.4. The molecule has 6 heteroatoms. The van der Waals surface area contributed by atoms with Gasteiger partial charge in [0.2, 0.25) is 5.91 Å². The summed E-state index contributed by atoms with van der Waals surface area (Å²) in [6.07, 6.45) is 0.583. The van der Waals surface area contributed by atoms with Gasteiger partial charge in [-0.25, -0.2) is 0 Å². The van der Waals surface area contributed by atoms with E-state index in [1.165, 1.54) is 0 Å². The van der Waals surface area contributed by atoms with Crippen molar-refractivity contribution in [3.05, 3.63) is 52.4 Å². The minimum absolute atomic E-state index is 0.119. The molecule has 5 nitrogen and oxygen atoms in total. The lowest BCUT2D eigenvalue weighted by Gasteiger charge is -2.40. The summed E-state index contributed by atoms with van der Waals surface area (Å²) in [6, 6.07) is 9.51. The third-order valence-electron chi connectivity index (χ3n) is 4.87. The number of carbonyl (C=O) groups is 1. The van der Waals surface area contributed by atoms with Crippen LogP contribution in [-0.2, 0) is 9.53 Å². The summed E-state index contributed by atoms with van der Waals surface area (Å²) >= 11 is 5.95. The molecule has 0 N–H and O–H groups in total. The molecule has 4 rings (SSSR count). The number of aromatic nitrogens is 1. The molecular formula is C18H19ClN2O3. The van der Waals surface area contributed by atoms with Crippen LogP contribution in [0.4, 0.5) is 0 Å². The maximum absolute atomic E-state index is 12.8. The molecule has 2 aliphatic heterocycles. The van der Waals surface area contributed by atoms with Crippen molar-refractivity contribution in [3.8, 4) is 0 Å². The van der Waals surface area contributed by atoms with Crippen LogP contribution >= 0.6 is 11.6 Å². The molecule has 24 heavy (non-hydrogen) atoms. The number of nitrogens with zero attached hydrogens (tertiary/aromatic N) is 2. The van der Waals surface area contributed by atoms with Gasteiger partial charge >= 0.3 is 0 Å². The Labute approximate surface area is 145 Å². The molecule has 2 atom stereocenters. The lowest BCUT2D eigenvalue weighted by Crippen LogP contribution is -2.51. The van der Waals surface area contributed by atoms with Crippen LogP contribution in [0.1, 0.15) is 35.5 Å². The maximum atomic E-state index is 12.8. The van der Waals surface area contributed by atoms with Gasteiger partial charge in [-0.2, -0.15) is 0 Å². The van der Waals surface area contributed by atoms with Gasteiger partial charge in [0.05, 0.1) is 17.7 Å². The van der Waals surface area contributed by atoms with Crippen molar-refractivity contribution in [2.45, 2.75) is 25.4 Å². The van der Waals surface area contributed by atoms with Crippen molar-refractivity contribution in [2.24, 2.45) is 5.92 Å². The molecule has 0 bridgehead atoms. The van der Waals surface area contributed by atoms with E-state index in [1.54, 1.807) is 0 Å². The second-order valence-electron chi connectivity index (χ2n) is 6.54. The smallest absolute Gasteiger partial charge is 0.228 e. The maximum Gasteiger partial charge on any atom is 0.228 e. The minimum Gasteiger partial charge on any atom is -0.373 e. The first kappa shape index (κ1) is 15.7. The number of likely N-dealkylation sites (tertiary alicyclic amines) is 1. The van der Waals surface area contributed by atoms with Crippen LogP contribution in [0.2, 0.25) is 5.02 Å². The third kappa shape index (κ3) is 2.82.